The Morgan fingerprint density at radius 2 is 1.05 bits per heavy atom. The molecule has 0 heterocycles. The summed E-state index contributed by atoms with van der Waals surface area (Å²) in [5.41, 5.74) is 11.7. The monoisotopic (exact) mass is 724 g/mol. The average molecular weight is 727 g/mol. The first-order chi connectivity index (χ1) is 20.1. The average Bonchev–Trinajstić information content (AvgIpc) is 3.36. The van der Waals surface area contributed by atoms with Gasteiger partial charge in [0.1, 0.15) is 0 Å². The maximum Gasteiger partial charge on any atom is -1.00 e. The molecule has 2 fully saturated rings. The SMILES string of the molecule is CC(C)(C)c1ccc2c(c1)[CH]([Zr+2]([C]1=CC=CC1)=[Si](C1CCCCCC1)C1CCCCCC1)c1cc(C(C)(C)C)ccc1-2.[Cl-].[Cl-]. The van der Waals surface area contributed by atoms with Crippen molar-refractivity contribution < 1.29 is 45.2 Å². The van der Waals surface area contributed by atoms with Crippen molar-refractivity contribution in [1.82, 2.24) is 0 Å². The van der Waals surface area contributed by atoms with Crippen LogP contribution in [0.25, 0.3) is 11.1 Å². The molecule has 0 aliphatic heterocycles. The maximum atomic E-state index is 2.72. The van der Waals surface area contributed by atoms with Crippen molar-refractivity contribution >= 4 is 5.43 Å². The summed E-state index contributed by atoms with van der Waals surface area (Å²) in [6.45, 7) is 14.5. The fourth-order valence-electron chi connectivity index (χ4n) is 8.64. The van der Waals surface area contributed by atoms with Gasteiger partial charge in [0.15, 0.2) is 0 Å². The number of hydrogen-bond acceptors (Lipinski definition) is 0. The largest absolute Gasteiger partial charge is 1.00 e. The molecule has 0 bridgehead atoms. The number of allylic oxidation sites excluding steroid dienone is 4. The van der Waals surface area contributed by atoms with Crippen molar-refractivity contribution in [3.63, 3.8) is 0 Å². The second-order valence-electron chi connectivity index (χ2n) is 16.1. The number of fused-ring (bicyclic) bond motifs is 3. The van der Waals surface area contributed by atoms with Crippen LogP contribution in [0.4, 0.5) is 0 Å². The molecule has 4 heteroatoms. The molecule has 0 nitrogen and oxygen atoms in total. The molecule has 0 atom stereocenters. The van der Waals surface area contributed by atoms with Gasteiger partial charge in [-0.15, -0.1) is 0 Å². The van der Waals surface area contributed by atoms with Crippen LogP contribution in [0.5, 0.6) is 0 Å². The Bertz CT molecular complexity index is 1300. The molecule has 4 aliphatic rings. The third-order valence-electron chi connectivity index (χ3n) is 11.1. The third kappa shape index (κ3) is 7.66. The van der Waals surface area contributed by atoms with E-state index >= 15 is 0 Å². The Labute approximate surface area is 290 Å². The van der Waals surface area contributed by atoms with Crippen molar-refractivity contribution in [2.24, 2.45) is 0 Å². The Morgan fingerprint density at radius 1 is 0.614 bits per heavy atom. The van der Waals surface area contributed by atoms with Gasteiger partial charge >= 0.3 is 268 Å². The van der Waals surface area contributed by atoms with Crippen LogP contribution in [-0.2, 0) is 31.2 Å². The van der Waals surface area contributed by atoms with Crippen LogP contribution in [0, 0.1) is 0 Å². The molecule has 238 valence electrons. The van der Waals surface area contributed by atoms with Crippen LogP contribution < -0.4 is 24.8 Å². The van der Waals surface area contributed by atoms with Gasteiger partial charge in [-0.3, -0.25) is 0 Å². The van der Waals surface area contributed by atoms with E-state index in [1.54, 1.807) is 47.9 Å². The molecule has 2 saturated carbocycles. The minimum atomic E-state index is -2.22. The van der Waals surface area contributed by atoms with Gasteiger partial charge in [-0.25, -0.2) is 0 Å². The van der Waals surface area contributed by atoms with Crippen LogP contribution in [0.3, 0.4) is 0 Å². The Morgan fingerprint density at radius 3 is 1.41 bits per heavy atom. The molecule has 0 N–H and O–H groups in total. The second-order valence-corrected chi connectivity index (χ2v) is 31.1. The summed E-state index contributed by atoms with van der Waals surface area (Å²) in [7, 11) is 0. The van der Waals surface area contributed by atoms with Crippen molar-refractivity contribution in [3.05, 3.63) is 80.2 Å². The van der Waals surface area contributed by atoms with Crippen LogP contribution in [0.2, 0.25) is 11.1 Å². The summed E-state index contributed by atoms with van der Waals surface area (Å²) in [6, 6.07) is 15.4. The van der Waals surface area contributed by atoms with Gasteiger partial charge in [-0.1, -0.05) is 0 Å². The quantitative estimate of drug-likeness (QED) is 0.258. The zero-order chi connectivity index (χ0) is 29.5. The molecule has 4 aliphatic carbocycles. The van der Waals surface area contributed by atoms with Crippen LogP contribution >= 0.6 is 0 Å². The van der Waals surface area contributed by atoms with Gasteiger partial charge in [0.2, 0.25) is 0 Å². The molecule has 6 rings (SSSR count). The summed E-state index contributed by atoms with van der Waals surface area (Å²) in [5, 5.41) is 0. The molecule has 0 spiro atoms. The van der Waals surface area contributed by atoms with Gasteiger partial charge in [0.05, 0.1) is 0 Å². The zero-order valence-corrected chi connectivity index (χ0v) is 33.3. The van der Waals surface area contributed by atoms with Crippen LogP contribution in [0.1, 0.15) is 151 Å². The molecule has 44 heavy (non-hydrogen) atoms. The van der Waals surface area contributed by atoms with E-state index in [0.29, 0.717) is 3.63 Å². The van der Waals surface area contributed by atoms with Gasteiger partial charge in [0.25, 0.3) is 0 Å². The first-order valence-corrected chi connectivity index (χ1v) is 25.5. The molecular formula is C40H56Cl2SiZr. The topological polar surface area (TPSA) is 0 Å². The van der Waals surface area contributed by atoms with E-state index in [2.05, 4.69) is 96.2 Å². The van der Waals surface area contributed by atoms with E-state index < -0.39 is 25.8 Å². The molecule has 2 aromatic rings. The zero-order valence-electron chi connectivity index (χ0n) is 28.4. The van der Waals surface area contributed by atoms with Crippen molar-refractivity contribution in [2.45, 2.75) is 151 Å². The molecule has 0 amide bonds. The smallest absolute Gasteiger partial charge is 1.00 e. The minimum absolute atomic E-state index is 0. The van der Waals surface area contributed by atoms with Gasteiger partial charge in [0, 0.05) is 0 Å². The van der Waals surface area contributed by atoms with Crippen molar-refractivity contribution in [2.75, 3.05) is 0 Å². The Kier molecular flexibility index (Phi) is 12.6. The van der Waals surface area contributed by atoms with E-state index in [1.165, 1.54) is 68.9 Å². The molecule has 0 aromatic heterocycles. The van der Waals surface area contributed by atoms with Crippen LogP contribution in [0.15, 0.2) is 57.9 Å². The Hall–Kier alpha value is -0.400. The molecular weight excluding hydrogens is 671 g/mol. The maximum absolute atomic E-state index is 2.72. The van der Waals surface area contributed by atoms with E-state index in [0.717, 1.165) is 11.1 Å². The fraction of sp³-hybridized carbons (Fsp3) is 0.600. The van der Waals surface area contributed by atoms with Gasteiger partial charge in [-0.2, -0.15) is 0 Å². The minimum Gasteiger partial charge on any atom is -1.00 e. The molecule has 0 unspecified atom stereocenters. The normalized spacial score (nSPS) is 19.4. The molecule has 2 aromatic carbocycles. The first kappa shape index (κ1) is 36.4. The summed E-state index contributed by atoms with van der Waals surface area (Å²) >= 11 is -2.22. The summed E-state index contributed by atoms with van der Waals surface area (Å²) < 4.78 is 2.68. The van der Waals surface area contributed by atoms with Gasteiger partial charge in [-0.05, 0) is 0 Å². The first-order valence-electron chi connectivity index (χ1n) is 17.5. The Balaban J connectivity index is 0.00000221. The standard InChI is InChI=1S/C21H25.C14H26Si.C5H5.2ClH.Zr/c1-20(2,3)16-7-9-18-14(12-16)11-15-13-17(21(4,5)6)8-10-19(15)18;1-2-6-10-13(9-5-1)15-14-11-7-3-4-8-12-14;1-2-4-5-3-1;;;/h7-13H,1-6H3;13-14H,1-12H2;1-3H,4H2;2*1H;/q;;;;;+2/p-2. The third-order valence-corrected chi connectivity index (χ3v) is 34.4. The number of rotatable bonds is 4. The van der Waals surface area contributed by atoms with Gasteiger partial charge < -0.3 is 24.8 Å². The predicted molar refractivity (Wildman–Crippen MR) is 182 cm³/mol. The fourth-order valence-corrected chi connectivity index (χ4v) is 37.0. The number of halogens is 2. The van der Waals surface area contributed by atoms with E-state index in [9.17, 15) is 0 Å². The van der Waals surface area contributed by atoms with E-state index in [-0.39, 0.29) is 35.6 Å². The van der Waals surface area contributed by atoms with E-state index in [4.69, 9.17) is 0 Å². The molecule has 0 radical (unpaired) electrons. The second kappa shape index (κ2) is 15.2. The number of benzene rings is 2. The summed E-state index contributed by atoms with van der Waals surface area (Å²) in [5.74, 6) is 0. The summed E-state index contributed by atoms with van der Waals surface area (Å²) in [6.07, 6.45) is 27.0. The van der Waals surface area contributed by atoms with Crippen molar-refractivity contribution in [1.29, 1.82) is 0 Å². The summed E-state index contributed by atoms with van der Waals surface area (Å²) in [4.78, 5) is 0. The van der Waals surface area contributed by atoms with Crippen molar-refractivity contribution in [3.8, 4) is 11.1 Å². The predicted octanol–water partition coefficient (Wildman–Crippen LogP) is 6.26. The van der Waals surface area contributed by atoms with E-state index in [1.807, 2.05) is 3.28 Å². The molecule has 0 saturated heterocycles. The van der Waals surface area contributed by atoms with Crippen LogP contribution in [-0.4, -0.2) is 5.43 Å². The number of hydrogen-bond donors (Lipinski definition) is 0.